The first-order valence-corrected chi connectivity index (χ1v) is 8.16. The maximum atomic E-state index is 12.7. The Balaban J connectivity index is 1.81. The molecule has 3 rings (SSSR count). The molecule has 25 heavy (non-hydrogen) atoms. The second-order valence-electron chi connectivity index (χ2n) is 6.06. The highest BCUT2D eigenvalue weighted by Gasteiger charge is 2.33. The second kappa shape index (κ2) is 7.44. The number of hydrogen-bond donors (Lipinski definition) is 1. The van der Waals surface area contributed by atoms with Gasteiger partial charge in [0.15, 0.2) is 0 Å². The van der Waals surface area contributed by atoms with Crippen molar-refractivity contribution in [1.29, 1.82) is 0 Å². The average molecular weight is 339 g/mol. The van der Waals surface area contributed by atoms with Gasteiger partial charge in [-0.25, -0.2) is 0 Å². The zero-order valence-electron chi connectivity index (χ0n) is 14.3. The molecule has 0 bridgehead atoms. The molecular formula is C19H21N3O3. The number of aliphatic hydroxyl groups is 1. The first-order valence-electron chi connectivity index (χ1n) is 8.16. The number of carbonyl (C=O) groups excluding carboxylic acids is 1. The van der Waals surface area contributed by atoms with Gasteiger partial charge in [-0.05, 0) is 24.1 Å². The Morgan fingerprint density at radius 2 is 2.16 bits per heavy atom. The van der Waals surface area contributed by atoms with E-state index >= 15 is 0 Å². The van der Waals surface area contributed by atoms with Crippen LogP contribution in [0.3, 0.4) is 0 Å². The summed E-state index contributed by atoms with van der Waals surface area (Å²) in [5.74, 6) is -0.211. The molecule has 1 saturated heterocycles. The summed E-state index contributed by atoms with van der Waals surface area (Å²) in [5, 5.41) is 13.4. The Bertz CT molecular complexity index is 787. The van der Waals surface area contributed by atoms with Gasteiger partial charge in [-0.3, -0.25) is 9.78 Å². The Kier molecular flexibility index (Phi) is 5.09. The van der Waals surface area contributed by atoms with Gasteiger partial charge in [0.2, 0.25) is 0 Å². The van der Waals surface area contributed by atoms with Crippen LogP contribution in [0.1, 0.15) is 22.5 Å². The fourth-order valence-corrected chi connectivity index (χ4v) is 3.09. The predicted molar refractivity (Wildman–Crippen MR) is 95.4 cm³/mol. The lowest BCUT2D eigenvalue weighted by atomic mass is 10.0. The number of aromatic nitrogens is 1. The van der Waals surface area contributed by atoms with Gasteiger partial charge in [0.1, 0.15) is 12.8 Å². The summed E-state index contributed by atoms with van der Waals surface area (Å²) < 4.78 is 0. The van der Waals surface area contributed by atoms with Crippen LogP contribution in [0.2, 0.25) is 0 Å². The first-order chi connectivity index (χ1) is 12.1. The summed E-state index contributed by atoms with van der Waals surface area (Å²) in [7, 11) is 1.47. The van der Waals surface area contributed by atoms with Crippen LogP contribution in [-0.4, -0.2) is 52.9 Å². The van der Waals surface area contributed by atoms with E-state index in [-0.39, 0.29) is 18.6 Å². The number of oxime groups is 1. The van der Waals surface area contributed by atoms with Crippen molar-refractivity contribution in [3.8, 4) is 11.1 Å². The monoisotopic (exact) mass is 339 g/mol. The van der Waals surface area contributed by atoms with Crippen LogP contribution in [-0.2, 0) is 4.84 Å². The molecular weight excluding hydrogens is 318 g/mol. The molecule has 0 radical (unpaired) electrons. The number of carbonyl (C=O) groups is 1. The van der Waals surface area contributed by atoms with Gasteiger partial charge in [0.25, 0.3) is 5.91 Å². The van der Waals surface area contributed by atoms with E-state index in [1.54, 1.807) is 17.2 Å². The molecule has 1 aliphatic heterocycles. The fourth-order valence-electron chi connectivity index (χ4n) is 3.09. The van der Waals surface area contributed by atoms with Gasteiger partial charge in [-0.2, -0.15) is 0 Å². The summed E-state index contributed by atoms with van der Waals surface area (Å²) in [6.45, 7) is 2.27. The van der Waals surface area contributed by atoms with E-state index in [0.717, 1.165) is 22.4 Å². The molecule has 0 saturated carbocycles. The van der Waals surface area contributed by atoms with Crippen LogP contribution in [0.5, 0.6) is 0 Å². The lowest BCUT2D eigenvalue weighted by Gasteiger charge is -2.21. The zero-order valence-corrected chi connectivity index (χ0v) is 14.3. The van der Waals surface area contributed by atoms with Crippen molar-refractivity contribution in [3.63, 3.8) is 0 Å². The van der Waals surface area contributed by atoms with Gasteiger partial charge in [0, 0.05) is 18.2 Å². The third-order valence-corrected chi connectivity index (χ3v) is 4.40. The van der Waals surface area contributed by atoms with Crippen molar-refractivity contribution in [2.45, 2.75) is 19.4 Å². The molecule has 1 aromatic heterocycles. The lowest BCUT2D eigenvalue weighted by Crippen LogP contribution is -2.38. The zero-order chi connectivity index (χ0) is 17.8. The van der Waals surface area contributed by atoms with Gasteiger partial charge in [-0.15, -0.1) is 0 Å². The van der Waals surface area contributed by atoms with Crippen molar-refractivity contribution in [3.05, 3.63) is 53.9 Å². The molecule has 1 aromatic carbocycles. The lowest BCUT2D eigenvalue weighted by molar-refractivity contribution is 0.0674. The number of aliphatic hydroxyl groups excluding tert-OH is 1. The molecule has 1 unspecified atom stereocenters. The molecule has 1 fully saturated rings. The van der Waals surface area contributed by atoms with E-state index in [1.807, 2.05) is 37.3 Å². The topological polar surface area (TPSA) is 75.0 Å². The molecule has 1 N–H and O–H groups in total. The Morgan fingerprint density at radius 1 is 1.36 bits per heavy atom. The number of amides is 1. The molecule has 0 aliphatic carbocycles. The first kappa shape index (κ1) is 17.1. The Hall–Kier alpha value is -2.73. The number of nitrogens with zero attached hydrogens (tertiary/aromatic N) is 3. The van der Waals surface area contributed by atoms with Crippen LogP contribution in [0.4, 0.5) is 0 Å². The van der Waals surface area contributed by atoms with Gasteiger partial charge >= 0.3 is 0 Å². The minimum Gasteiger partial charge on any atom is -0.399 e. The quantitative estimate of drug-likeness (QED) is 0.867. The molecule has 1 aliphatic rings. The highest BCUT2D eigenvalue weighted by atomic mass is 16.6. The molecule has 6 heteroatoms. The van der Waals surface area contributed by atoms with Gasteiger partial charge in [0.05, 0.1) is 24.9 Å². The third kappa shape index (κ3) is 3.53. The van der Waals surface area contributed by atoms with E-state index < -0.39 is 0 Å². The molecule has 1 amide bonds. The van der Waals surface area contributed by atoms with Crippen molar-refractivity contribution in [2.75, 3.05) is 20.3 Å². The Labute approximate surface area is 146 Å². The maximum Gasteiger partial charge on any atom is 0.273 e. The molecule has 6 nitrogen and oxygen atoms in total. The number of benzene rings is 1. The highest BCUT2D eigenvalue weighted by molar-refractivity contribution is 5.99. The number of likely N-dealkylation sites (tertiary alicyclic amines) is 1. The SMILES string of the molecule is CO/N=C1\CC(CO)N(C(=O)c2ccc(-c3ccccc3C)cn2)C1. The summed E-state index contributed by atoms with van der Waals surface area (Å²) in [6.07, 6.45) is 2.22. The minimum absolute atomic E-state index is 0.115. The minimum atomic E-state index is -0.292. The van der Waals surface area contributed by atoms with Crippen molar-refractivity contribution in [1.82, 2.24) is 9.88 Å². The van der Waals surface area contributed by atoms with E-state index in [9.17, 15) is 9.90 Å². The van der Waals surface area contributed by atoms with Crippen LogP contribution < -0.4 is 0 Å². The van der Waals surface area contributed by atoms with Crippen molar-refractivity contribution < 1.29 is 14.7 Å². The van der Waals surface area contributed by atoms with Gasteiger partial charge in [-0.1, -0.05) is 35.5 Å². The summed E-state index contributed by atoms with van der Waals surface area (Å²) >= 11 is 0. The second-order valence-corrected chi connectivity index (χ2v) is 6.06. The fraction of sp³-hybridized carbons (Fsp3) is 0.316. The smallest absolute Gasteiger partial charge is 0.273 e. The molecule has 0 spiro atoms. The normalized spacial score (nSPS) is 18.6. The summed E-state index contributed by atoms with van der Waals surface area (Å²) in [6, 6.07) is 11.4. The summed E-state index contributed by atoms with van der Waals surface area (Å²) in [4.78, 5) is 23.4. The predicted octanol–water partition coefficient (Wildman–Crippen LogP) is 2.27. The Morgan fingerprint density at radius 3 is 2.80 bits per heavy atom. The van der Waals surface area contributed by atoms with Crippen molar-refractivity contribution >= 4 is 11.6 Å². The number of rotatable bonds is 4. The van der Waals surface area contributed by atoms with E-state index in [2.05, 4.69) is 10.1 Å². The molecule has 2 aromatic rings. The van der Waals surface area contributed by atoms with Gasteiger partial charge < -0.3 is 14.8 Å². The molecule has 1 atom stereocenters. The molecule has 130 valence electrons. The average Bonchev–Trinajstić information content (AvgIpc) is 3.05. The third-order valence-electron chi connectivity index (χ3n) is 4.40. The van der Waals surface area contributed by atoms with Crippen LogP contribution in [0.15, 0.2) is 47.8 Å². The number of aryl methyl sites for hydroxylation is 1. The maximum absolute atomic E-state index is 12.7. The van der Waals surface area contributed by atoms with E-state index in [0.29, 0.717) is 18.7 Å². The number of pyridine rings is 1. The van der Waals surface area contributed by atoms with Crippen LogP contribution >= 0.6 is 0 Å². The largest absolute Gasteiger partial charge is 0.399 e. The standard InChI is InChI=1S/C19H21N3O3/c1-13-5-3-4-6-17(13)14-7-8-18(20-10-14)19(24)22-11-15(21-25-2)9-16(22)12-23/h3-8,10,16,23H,9,11-12H2,1-2H3/b21-15+. The summed E-state index contributed by atoms with van der Waals surface area (Å²) in [5.41, 5.74) is 4.32. The van der Waals surface area contributed by atoms with Crippen molar-refractivity contribution in [2.24, 2.45) is 5.16 Å². The van der Waals surface area contributed by atoms with E-state index in [1.165, 1.54) is 7.11 Å². The molecule has 2 heterocycles. The highest BCUT2D eigenvalue weighted by Crippen LogP contribution is 2.23. The number of hydrogen-bond acceptors (Lipinski definition) is 5. The van der Waals surface area contributed by atoms with Crippen LogP contribution in [0, 0.1) is 6.92 Å². The van der Waals surface area contributed by atoms with Crippen LogP contribution in [0.25, 0.3) is 11.1 Å². The van der Waals surface area contributed by atoms with E-state index in [4.69, 9.17) is 4.84 Å².